The van der Waals surface area contributed by atoms with Crippen molar-refractivity contribution in [2.45, 2.75) is 52.1 Å². The van der Waals surface area contributed by atoms with Crippen LogP contribution in [0.25, 0.3) is 6.08 Å². The highest BCUT2D eigenvalue weighted by atomic mass is 19.1. The van der Waals surface area contributed by atoms with E-state index in [1.54, 1.807) is 12.1 Å². The molecule has 32 heavy (non-hydrogen) atoms. The Morgan fingerprint density at radius 2 is 1.78 bits per heavy atom. The van der Waals surface area contributed by atoms with Crippen molar-refractivity contribution >= 4 is 19.3 Å². The summed E-state index contributed by atoms with van der Waals surface area (Å²) in [6.07, 6.45) is 1.16. The Bertz CT molecular complexity index is 962. The number of halogens is 1. The maximum absolute atomic E-state index is 13.6. The van der Waals surface area contributed by atoms with Crippen molar-refractivity contribution in [3.63, 3.8) is 0 Å². The summed E-state index contributed by atoms with van der Waals surface area (Å²) in [6, 6.07) is 13.5. The Kier molecular flexibility index (Phi) is 7.38. The van der Waals surface area contributed by atoms with Gasteiger partial charge in [0.2, 0.25) is 0 Å². The molecule has 0 bridgehead atoms. The number of carbonyl (C=O) groups is 1. The first-order chi connectivity index (χ1) is 15.1. The van der Waals surface area contributed by atoms with E-state index in [0.29, 0.717) is 16.6 Å². The van der Waals surface area contributed by atoms with Gasteiger partial charge in [0.15, 0.2) is 0 Å². The van der Waals surface area contributed by atoms with E-state index in [-0.39, 0.29) is 19.8 Å². The number of ether oxygens (including phenoxy) is 1. The number of nitrogens with one attached hydrogen (secondary N) is 1. The Labute approximate surface area is 188 Å². The predicted octanol–water partition coefficient (Wildman–Crippen LogP) is 4.26. The van der Waals surface area contributed by atoms with Gasteiger partial charge < -0.3 is 24.5 Å². The Morgan fingerprint density at radius 3 is 2.41 bits per heavy atom. The van der Waals surface area contributed by atoms with Crippen LogP contribution < -0.4 is 5.32 Å². The normalized spacial score (nSPS) is 17.3. The number of hydrogen-bond acceptors (Lipinski definition) is 5. The molecule has 1 amide bonds. The van der Waals surface area contributed by atoms with Gasteiger partial charge in [-0.3, -0.25) is 0 Å². The highest BCUT2D eigenvalue weighted by Crippen LogP contribution is 2.38. The van der Waals surface area contributed by atoms with Crippen LogP contribution in [0.2, 0.25) is 0 Å². The lowest BCUT2D eigenvalue weighted by Crippen LogP contribution is -2.41. The maximum Gasteiger partial charge on any atom is 0.492 e. The number of aliphatic hydroxyl groups is 1. The summed E-state index contributed by atoms with van der Waals surface area (Å²) in [5.74, 6) is -0.439. The standard InChI is InChI=1S/C24H29BFNO5/c1-23(2)24(3,4)32-25(31-23)20(12-18-10-11-21(26)13-19(18)15-28)14-27-22(29)30-16-17-8-6-5-7-9-17/h5-13,28H,14-16H2,1-4H3,(H,27,29). The molecule has 0 aliphatic carbocycles. The first-order valence-corrected chi connectivity index (χ1v) is 10.5. The molecule has 2 N–H and O–H groups in total. The van der Waals surface area contributed by atoms with Crippen LogP contribution in [0.4, 0.5) is 9.18 Å². The molecule has 0 unspecified atom stereocenters. The van der Waals surface area contributed by atoms with Gasteiger partial charge in [0.1, 0.15) is 12.4 Å². The molecule has 2 aromatic rings. The summed E-state index contributed by atoms with van der Waals surface area (Å²) in [7, 11) is -0.731. The molecule has 0 radical (unpaired) electrons. The van der Waals surface area contributed by atoms with E-state index < -0.39 is 30.2 Å². The number of benzene rings is 2. The van der Waals surface area contributed by atoms with E-state index in [2.05, 4.69) is 5.32 Å². The monoisotopic (exact) mass is 441 g/mol. The third kappa shape index (κ3) is 5.76. The molecule has 170 valence electrons. The number of rotatable bonds is 7. The second kappa shape index (κ2) is 9.86. The van der Waals surface area contributed by atoms with E-state index in [9.17, 15) is 14.3 Å². The summed E-state index contributed by atoms with van der Waals surface area (Å²) in [5, 5.41) is 12.4. The van der Waals surface area contributed by atoms with Gasteiger partial charge >= 0.3 is 13.2 Å². The summed E-state index contributed by atoms with van der Waals surface area (Å²) >= 11 is 0. The Hall–Kier alpha value is -2.68. The molecular formula is C24H29BFNO5. The lowest BCUT2D eigenvalue weighted by atomic mass is 9.76. The zero-order valence-corrected chi connectivity index (χ0v) is 18.9. The van der Waals surface area contributed by atoms with Crippen molar-refractivity contribution in [2.75, 3.05) is 6.54 Å². The van der Waals surface area contributed by atoms with Crippen LogP contribution in [-0.4, -0.2) is 36.1 Å². The van der Waals surface area contributed by atoms with E-state index in [1.165, 1.54) is 12.1 Å². The molecule has 0 saturated carbocycles. The van der Waals surface area contributed by atoms with E-state index in [4.69, 9.17) is 14.0 Å². The van der Waals surface area contributed by atoms with Gasteiger partial charge in [-0.15, -0.1) is 0 Å². The van der Waals surface area contributed by atoms with Gasteiger partial charge in [-0.25, -0.2) is 9.18 Å². The lowest BCUT2D eigenvalue weighted by molar-refractivity contribution is 0.00578. The maximum atomic E-state index is 13.6. The van der Waals surface area contributed by atoms with Crippen molar-refractivity contribution in [2.24, 2.45) is 0 Å². The molecule has 6 nitrogen and oxygen atoms in total. The SMILES string of the molecule is CC1(C)OB(C(=Cc2ccc(F)cc2CO)CNC(=O)OCc2ccccc2)OC1(C)C. The lowest BCUT2D eigenvalue weighted by Gasteiger charge is -2.32. The van der Waals surface area contributed by atoms with Crippen LogP contribution in [0.5, 0.6) is 0 Å². The molecule has 0 spiro atoms. The molecule has 8 heteroatoms. The molecule has 0 aromatic heterocycles. The summed E-state index contributed by atoms with van der Waals surface area (Å²) in [4.78, 5) is 12.3. The minimum atomic E-state index is -0.731. The average molecular weight is 441 g/mol. The number of carbonyl (C=O) groups excluding carboxylic acids is 1. The van der Waals surface area contributed by atoms with Crippen LogP contribution in [0.15, 0.2) is 54.0 Å². The zero-order chi connectivity index (χ0) is 23.4. The Morgan fingerprint density at radius 1 is 1.12 bits per heavy atom. The highest BCUT2D eigenvalue weighted by molar-refractivity contribution is 6.56. The fourth-order valence-electron chi connectivity index (χ4n) is 3.20. The van der Waals surface area contributed by atoms with Gasteiger partial charge in [0.25, 0.3) is 0 Å². The molecule has 3 rings (SSSR count). The van der Waals surface area contributed by atoms with Crippen LogP contribution in [0.3, 0.4) is 0 Å². The third-order valence-corrected chi connectivity index (χ3v) is 5.82. The molecule has 1 fully saturated rings. The fraction of sp³-hybridized carbons (Fsp3) is 0.375. The van der Waals surface area contributed by atoms with E-state index in [1.807, 2.05) is 58.0 Å². The summed E-state index contributed by atoms with van der Waals surface area (Å²) in [5.41, 5.74) is 1.37. The van der Waals surface area contributed by atoms with Crippen LogP contribution in [-0.2, 0) is 27.3 Å². The highest BCUT2D eigenvalue weighted by Gasteiger charge is 2.52. The summed E-state index contributed by atoms with van der Waals surface area (Å²) < 4.78 is 31.2. The fourth-order valence-corrected chi connectivity index (χ4v) is 3.20. The second-order valence-electron chi connectivity index (χ2n) is 8.72. The topological polar surface area (TPSA) is 77.0 Å². The van der Waals surface area contributed by atoms with Crippen molar-refractivity contribution in [1.29, 1.82) is 0 Å². The van der Waals surface area contributed by atoms with Crippen LogP contribution in [0, 0.1) is 5.82 Å². The van der Waals surface area contributed by atoms with Crippen molar-refractivity contribution in [1.82, 2.24) is 5.32 Å². The molecular weight excluding hydrogens is 412 g/mol. The van der Waals surface area contributed by atoms with Gasteiger partial charge in [0, 0.05) is 6.54 Å². The average Bonchev–Trinajstić information content (AvgIpc) is 2.97. The summed E-state index contributed by atoms with van der Waals surface area (Å²) in [6.45, 7) is 7.65. The zero-order valence-electron chi connectivity index (χ0n) is 18.9. The van der Waals surface area contributed by atoms with Crippen LogP contribution in [0.1, 0.15) is 44.4 Å². The molecule has 2 aromatic carbocycles. The molecule has 1 aliphatic rings. The molecule has 1 aliphatic heterocycles. The molecule has 1 heterocycles. The minimum absolute atomic E-state index is 0.0900. The number of amides is 1. The van der Waals surface area contributed by atoms with Gasteiger partial charge in [-0.2, -0.15) is 0 Å². The first-order valence-electron chi connectivity index (χ1n) is 10.5. The number of aliphatic hydroxyl groups excluding tert-OH is 1. The molecule has 1 saturated heterocycles. The van der Waals surface area contributed by atoms with Gasteiger partial charge in [0.05, 0.1) is 17.8 Å². The first kappa shape index (κ1) is 24.0. The predicted molar refractivity (Wildman–Crippen MR) is 121 cm³/mol. The van der Waals surface area contributed by atoms with Crippen molar-refractivity contribution in [3.8, 4) is 0 Å². The van der Waals surface area contributed by atoms with Gasteiger partial charge in [-0.1, -0.05) is 42.5 Å². The quantitative estimate of drug-likeness (QED) is 0.628. The van der Waals surface area contributed by atoms with Crippen molar-refractivity contribution < 1.29 is 28.3 Å². The Balaban J connectivity index is 1.78. The second-order valence-corrected chi connectivity index (χ2v) is 8.72. The molecule has 0 atom stereocenters. The largest absolute Gasteiger partial charge is 0.492 e. The number of alkyl carbamates (subject to hydrolysis) is 1. The van der Waals surface area contributed by atoms with E-state index in [0.717, 1.165) is 5.56 Å². The van der Waals surface area contributed by atoms with Gasteiger partial charge in [-0.05, 0) is 62.0 Å². The number of hydrogen-bond donors (Lipinski definition) is 2. The van der Waals surface area contributed by atoms with Crippen molar-refractivity contribution in [3.05, 3.63) is 76.5 Å². The van der Waals surface area contributed by atoms with Crippen LogP contribution >= 0.6 is 0 Å². The minimum Gasteiger partial charge on any atom is -0.445 e. The smallest absolute Gasteiger partial charge is 0.445 e. The van der Waals surface area contributed by atoms with E-state index >= 15 is 0 Å². The third-order valence-electron chi connectivity index (χ3n) is 5.82.